The van der Waals surface area contributed by atoms with E-state index in [1.54, 1.807) is 23.0 Å². The van der Waals surface area contributed by atoms with Crippen LogP contribution in [-0.2, 0) is 0 Å². The molecule has 0 saturated heterocycles. The number of thiazole rings is 1. The van der Waals surface area contributed by atoms with Gasteiger partial charge in [-0.15, -0.1) is 11.3 Å². The Morgan fingerprint density at radius 2 is 1.68 bits per heavy atom. The summed E-state index contributed by atoms with van der Waals surface area (Å²) in [5.41, 5.74) is 9.57. The van der Waals surface area contributed by atoms with Gasteiger partial charge in [-0.05, 0) is 29.8 Å². The van der Waals surface area contributed by atoms with Crippen molar-refractivity contribution in [2.75, 3.05) is 5.73 Å². The highest BCUT2D eigenvalue weighted by molar-refractivity contribution is 7.12. The molecule has 0 bridgehead atoms. The molecule has 2 N–H and O–H groups in total. The lowest BCUT2D eigenvalue weighted by Crippen LogP contribution is -2.01. The van der Waals surface area contributed by atoms with E-state index in [-0.39, 0.29) is 5.82 Å². The van der Waals surface area contributed by atoms with Crippen molar-refractivity contribution in [2.45, 2.75) is 0 Å². The molecule has 2 aromatic heterocycles. The van der Waals surface area contributed by atoms with Gasteiger partial charge in [-0.2, -0.15) is 9.78 Å². The number of rotatable bonds is 3. The second kappa shape index (κ2) is 6.31. The van der Waals surface area contributed by atoms with Gasteiger partial charge in [-0.3, -0.25) is 0 Å². The standard InChI is InChI=1S/C18H12ClFN4S/c19-13-5-1-12(2-6-13)16-10-25-18(23-16)24-17(21)15(9-22-24)11-3-7-14(20)8-4-11/h1-10H,21H2. The largest absolute Gasteiger partial charge is 0.383 e. The summed E-state index contributed by atoms with van der Waals surface area (Å²) in [6, 6.07) is 13.6. The summed E-state index contributed by atoms with van der Waals surface area (Å²) in [6.45, 7) is 0. The zero-order chi connectivity index (χ0) is 17.4. The minimum Gasteiger partial charge on any atom is -0.383 e. The van der Waals surface area contributed by atoms with Crippen molar-refractivity contribution >= 4 is 28.8 Å². The number of nitrogens with two attached hydrogens (primary N) is 1. The maximum absolute atomic E-state index is 13.1. The summed E-state index contributed by atoms with van der Waals surface area (Å²) in [4.78, 5) is 4.60. The maximum Gasteiger partial charge on any atom is 0.212 e. The van der Waals surface area contributed by atoms with E-state index >= 15 is 0 Å². The predicted octanol–water partition coefficient (Wildman–Crippen LogP) is 5.04. The molecular weight excluding hydrogens is 359 g/mol. The lowest BCUT2D eigenvalue weighted by Gasteiger charge is -2.02. The van der Waals surface area contributed by atoms with E-state index in [4.69, 9.17) is 17.3 Å². The summed E-state index contributed by atoms with van der Waals surface area (Å²) in [7, 11) is 0. The average molecular weight is 371 g/mol. The van der Waals surface area contributed by atoms with E-state index < -0.39 is 0 Å². The average Bonchev–Trinajstić information content (AvgIpc) is 3.23. The third-order valence-electron chi connectivity index (χ3n) is 3.77. The first kappa shape index (κ1) is 15.8. The summed E-state index contributed by atoms with van der Waals surface area (Å²) in [5.74, 6) is 0.172. The first-order valence-electron chi connectivity index (χ1n) is 7.43. The highest BCUT2D eigenvalue weighted by Gasteiger charge is 2.14. The minimum absolute atomic E-state index is 0.290. The molecule has 4 nitrogen and oxygen atoms in total. The quantitative estimate of drug-likeness (QED) is 0.549. The molecule has 0 aliphatic rings. The van der Waals surface area contributed by atoms with E-state index in [1.165, 1.54) is 23.5 Å². The zero-order valence-corrected chi connectivity index (χ0v) is 14.4. The van der Waals surface area contributed by atoms with Crippen LogP contribution in [0.4, 0.5) is 10.2 Å². The Kier molecular flexibility index (Phi) is 3.99. The molecule has 0 radical (unpaired) electrons. The van der Waals surface area contributed by atoms with E-state index in [1.807, 2.05) is 29.6 Å². The van der Waals surface area contributed by atoms with Crippen LogP contribution in [0.25, 0.3) is 27.5 Å². The second-order valence-electron chi connectivity index (χ2n) is 5.38. The van der Waals surface area contributed by atoms with Crippen LogP contribution in [0.3, 0.4) is 0 Å². The van der Waals surface area contributed by atoms with E-state index in [9.17, 15) is 4.39 Å². The van der Waals surface area contributed by atoms with Gasteiger partial charge in [-0.25, -0.2) is 9.37 Å². The summed E-state index contributed by atoms with van der Waals surface area (Å²) < 4.78 is 14.7. The van der Waals surface area contributed by atoms with Crippen molar-refractivity contribution in [3.05, 3.63) is 70.9 Å². The van der Waals surface area contributed by atoms with Crippen LogP contribution in [0.5, 0.6) is 0 Å². The Balaban J connectivity index is 1.69. The Morgan fingerprint density at radius 1 is 1.00 bits per heavy atom. The van der Waals surface area contributed by atoms with Crippen molar-refractivity contribution in [2.24, 2.45) is 0 Å². The molecule has 0 saturated carbocycles. The Labute approximate surface area is 152 Å². The van der Waals surface area contributed by atoms with Gasteiger partial charge in [0.15, 0.2) is 0 Å². The number of hydrogen-bond donors (Lipinski definition) is 1. The van der Waals surface area contributed by atoms with Crippen LogP contribution in [0.15, 0.2) is 60.1 Å². The molecule has 0 atom stereocenters. The lowest BCUT2D eigenvalue weighted by molar-refractivity contribution is 0.628. The van der Waals surface area contributed by atoms with Crippen LogP contribution in [0.1, 0.15) is 0 Å². The first-order valence-corrected chi connectivity index (χ1v) is 8.69. The van der Waals surface area contributed by atoms with Crippen molar-refractivity contribution in [1.82, 2.24) is 14.8 Å². The summed E-state index contributed by atoms with van der Waals surface area (Å²) in [6.07, 6.45) is 1.66. The summed E-state index contributed by atoms with van der Waals surface area (Å²) in [5, 5.41) is 7.62. The minimum atomic E-state index is -0.290. The maximum atomic E-state index is 13.1. The molecule has 0 aliphatic heterocycles. The predicted molar refractivity (Wildman–Crippen MR) is 99.5 cm³/mol. The molecule has 0 fully saturated rings. The molecule has 7 heteroatoms. The van der Waals surface area contributed by atoms with E-state index in [0.717, 1.165) is 22.4 Å². The van der Waals surface area contributed by atoms with Gasteiger partial charge < -0.3 is 5.73 Å². The molecule has 0 amide bonds. The molecule has 4 aromatic rings. The number of aromatic nitrogens is 3. The highest BCUT2D eigenvalue weighted by Crippen LogP contribution is 2.30. The van der Waals surface area contributed by atoms with Gasteiger partial charge in [-0.1, -0.05) is 35.9 Å². The van der Waals surface area contributed by atoms with Gasteiger partial charge >= 0.3 is 0 Å². The van der Waals surface area contributed by atoms with E-state index in [2.05, 4.69) is 10.1 Å². The zero-order valence-electron chi connectivity index (χ0n) is 12.9. The lowest BCUT2D eigenvalue weighted by atomic mass is 10.1. The number of nitrogens with zero attached hydrogens (tertiary/aromatic N) is 3. The second-order valence-corrected chi connectivity index (χ2v) is 6.66. The van der Waals surface area contributed by atoms with Crippen molar-refractivity contribution in [3.8, 4) is 27.5 Å². The van der Waals surface area contributed by atoms with Crippen LogP contribution < -0.4 is 5.73 Å². The van der Waals surface area contributed by atoms with Crippen molar-refractivity contribution < 1.29 is 4.39 Å². The number of benzene rings is 2. The Hall–Kier alpha value is -2.70. The Morgan fingerprint density at radius 3 is 2.40 bits per heavy atom. The molecule has 0 spiro atoms. The Bertz CT molecular complexity index is 1020. The third kappa shape index (κ3) is 3.01. The van der Waals surface area contributed by atoms with Gasteiger partial charge in [0.1, 0.15) is 11.6 Å². The molecular formula is C18H12ClFN4S. The monoisotopic (exact) mass is 370 g/mol. The van der Waals surface area contributed by atoms with Gasteiger partial charge in [0.05, 0.1) is 11.9 Å². The van der Waals surface area contributed by atoms with Crippen LogP contribution >= 0.6 is 22.9 Å². The van der Waals surface area contributed by atoms with Crippen molar-refractivity contribution in [3.63, 3.8) is 0 Å². The fourth-order valence-corrected chi connectivity index (χ4v) is 3.41. The molecule has 124 valence electrons. The highest BCUT2D eigenvalue weighted by atomic mass is 35.5. The number of anilines is 1. The van der Waals surface area contributed by atoms with Crippen LogP contribution in [-0.4, -0.2) is 14.8 Å². The molecule has 0 unspecified atom stereocenters. The SMILES string of the molecule is Nc1c(-c2ccc(F)cc2)cnn1-c1nc(-c2ccc(Cl)cc2)cs1. The normalized spacial score (nSPS) is 11.0. The topological polar surface area (TPSA) is 56.7 Å². The van der Waals surface area contributed by atoms with Crippen LogP contribution in [0.2, 0.25) is 5.02 Å². The first-order chi connectivity index (χ1) is 12.1. The molecule has 25 heavy (non-hydrogen) atoms. The molecule has 4 rings (SSSR count). The van der Waals surface area contributed by atoms with Gasteiger partial charge in [0.25, 0.3) is 0 Å². The van der Waals surface area contributed by atoms with Gasteiger partial charge in [0, 0.05) is 21.5 Å². The van der Waals surface area contributed by atoms with Crippen LogP contribution in [0, 0.1) is 5.82 Å². The molecule has 2 heterocycles. The fraction of sp³-hybridized carbons (Fsp3) is 0. The number of hydrogen-bond acceptors (Lipinski definition) is 4. The van der Waals surface area contributed by atoms with E-state index in [0.29, 0.717) is 16.0 Å². The smallest absolute Gasteiger partial charge is 0.212 e. The summed E-state index contributed by atoms with van der Waals surface area (Å²) >= 11 is 7.36. The third-order valence-corrected chi connectivity index (χ3v) is 4.84. The fourth-order valence-electron chi connectivity index (χ4n) is 2.48. The van der Waals surface area contributed by atoms with Gasteiger partial charge in [0.2, 0.25) is 5.13 Å². The molecule has 2 aromatic carbocycles. The number of nitrogen functional groups attached to an aromatic ring is 1. The number of halogens is 2. The molecule has 0 aliphatic carbocycles. The van der Waals surface area contributed by atoms with Crippen molar-refractivity contribution in [1.29, 1.82) is 0 Å².